The third-order valence-electron chi connectivity index (χ3n) is 3.01. The van der Waals surface area contributed by atoms with Crippen molar-refractivity contribution < 1.29 is 14.3 Å². The van der Waals surface area contributed by atoms with Crippen LogP contribution in [-0.2, 0) is 16.1 Å². The molecule has 0 amide bonds. The second kappa shape index (κ2) is 7.41. The number of unbranched alkanes of at least 4 members (excludes halogenated alkanes) is 1. The smallest absolute Gasteiger partial charge is 0.194 e. The molecule has 3 heteroatoms. The van der Waals surface area contributed by atoms with E-state index in [1.165, 1.54) is 0 Å². The highest BCUT2D eigenvalue weighted by Crippen LogP contribution is 2.19. The first-order valence-electron chi connectivity index (χ1n) is 6.78. The van der Waals surface area contributed by atoms with Gasteiger partial charge in [-0.25, -0.2) is 0 Å². The van der Waals surface area contributed by atoms with Crippen LogP contribution in [0.4, 0.5) is 0 Å². The van der Waals surface area contributed by atoms with Crippen molar-refractivity contribution in [3.8, 4) is 0 Å². The largest absolute Gasteiger partial charge is 0.380 e. The molecule has 0 aliphatic rings. The Morgan fingerprint density at radius 2 is 2.05 bits per heavy atom. The van der Waals surface area contributed by atoms with E-state index < -0.39 is 5.60 Å². The summed E-state index contributed by atoms with van der Waals surface area (Å²) in [7, 11) is 1.65. The van der Waals surface area contributed by atoms with Gasteiger partial charge in [0.15, 0.2) is 5.78 Å². The Hall–Kier alpha value is -1.19. The average Bonchev–Trinajstić information content (AvgIpc) is 2.39. The minimum atomic E-state index is -0.777. The molecule has 0 aromatic heterocycles. The number of ether oxygens (including phenoxy) is 2. The molecule has 0 saturated carbocycles. The average molecular weight is 264 g/mol. The van der Waals surface area contributed by atoms with Gasteiger partial charge >= 0.3 is 0 Å². The van der Waals surface area contributed by atoms with Crippen LogP contribution in [0.25, 0.3) is 0 Å². The molecule has 3 nitrogen and oxygen atoms in total. The Bertz CT molecular complexity index is 410. The molecule has 19 heavy (non-hydrogen) atoms. The number of methoxy groups -OCH3 is 1. The van der Waals surface area contributed by atoms with E-state index in [2.05, 4.69) is 6.92 Å². The first-order valence-corrected chi connectivity index (χ1v) is 6.78. The normalized spacial score (nSPS) is 11.6. The zero-order valence-corrected chi connectivity index (χ0v) is 12.4. The standard InChI is InChI=1S/C16H24O3/c1-5-6-10-19-16(2,3)15(17)14-9-7-8-13(11-14)12-18-4/h7-9,11H,5-6,10,12H2,1-4H3. The van der Waals surface area contributed by atoms with Gasteiger partial charge in [0.25, 0.3) is 0 Å². The van der Waals surface area contributed by atoms with E-state index in [0.29, 0.717) is 18.8 Å². The van der Waals surface area contributed by atoms with Crippen LogP contribution < -0.4 is 0 Å². The lowest BCUT2D eigenvalue weighted by Crippen LogP contribution is -2.35. The van der Waals surface area contributed by atoms with Gasteiger partial charge in [-0.2, -0.15) is 0 Å². The zero-order chi connectivity index (χ0) is 14.3. The fourth-order valence-corrected chi connectivity index (χ4v) is 1.85. The molecule has 0 bridgehead atoms. The van der Waals surface area contributed by atoms with Crippen molar-refractivity contribution in [1.29, 1.82) is 0 Å². The van der Waals surface area contributed by atoms with Crippen LogP contribution in [-0.4, -0.2) is 25.1 Å². The molecule has 0 atom stereocenters. The molecule has 0 saturated heterocycles. The summed E-state index contributed by atoms with van der Waals surface area (Å²) in [6.45, 7) is 6.89. The molecule has 106 valence electrons. The minimum Gasteiger partial charge on any atom is -0.380 e. The molecule has 1 rings (SSSR count). The number of ketones is 1. The van der Waals surface area contributed by atoms with Crippen molar-refractivity contribution in [2.24, 2.45) is 0 Å². The van der Waals surface area contributed by atoms with Gasteiger partial charge in [0, 0.05) is 19.3 Å². The van der Waals surface area contributed by atoms with E-state index >= 15 is 0 Å². The number of hydrogen-bond donors (Lipinski definition) is 0. The van der Waals surface area contributed by atoms with Gasteiger partial charge in [0.1, 0.15) is 5.60 Å². The number of rotatable bonds is 8. The lowest BCUT2D eigenvalue weighted by molar-refractivity contribution is -0.00547. The summed E-state index contributed by atoms with van der Waals surface area (Å²) >= 11 is 0. The number of benzene rings is 1. The van der Waals surface area contributed by atoms with Crippen LogP contribution in [0.3, 0.4) is 0 Å². The van der Waals surface area contributed by atoms with E-state index in [1.807, 2.05) is 38.1 Å². The molecular formula is C16H24O3. The number of hydrogen-bond acceptors (Lipinski definition) is 3. The topological polar surface area (TPSA) is 35.5 Å². The lowest BCUT2D eigenvalue weighted by Gasteiger charge is -2.24. The first-order chi connectivity index (χ1) is 9.01. The Labute approximate surface area is 115 Å². The molecular weight excluding hydrogens is 240 g/mol. The highest BCUT2D eigenvalue weighted by atomic mass is 16.5. The van der Waals surface area contributed by atoms with Gasteiger partial charge in [0.05, 0.1) is 6.61 Å². The van der Waals surface area contributed by atoms with E-state index in [1.54, 1.807) is 7.11 Å². The third kappa shape index (κ3) is 4.77. The Balaban J connectivity index is 2.77. The predicted octanol–water partition coefficient (Wildman–Crippen LogP) is 3.61. The maximum absolute atomic E-state index is 12.5. The summed E-state index contributed by atoms with van der Waals surface area (Å²) in [5.74, 6) is 0.0153. The van der Waals surface area contributed by atoms with Gasteiger partial charge in [-0.15, -0.1) is 0 Å². The second-order valence-electron chi connectivity index (χ2n) is 5.17. The van der Waals surface area contributed by atoms with Gasteiger partial charge in [-0.3, -0.25) is 4.79 Å². The summed E-state index contributed by atoms with van der Waals surface area (Å²) in [6, 6.07) is 7.53. The van der Waals surface area contributed by atoms with Crippen LogP contribution in [0.1, 0.15) is 49.5 Å². The Morgan fingerprint density at radius 1 is 1.32 bits per heavy atom. The molecule has 0 aliphatic carbocycles. The molecule has 0 N–H and O–H groups in total. The second-order valence-corrected chi connectivity index (χ2v) is 5.17. The van der Waals surface area contributed by atoms with E-state index in [-0.39, 0.29) is 5.78 Å². The van der Waals surface area contributed by atoms with Crippen LogP contribution in [0, 0.1) is 0 Å². The van der Waals surface area contributed by atoms with Gasteiger partial charge in [-0.1, -0.05) is 31.5 Å². The molecule has 0 spiro atoms. The van der Waals surface area contributed by atoms with Gasteiger partial charge in [-0.05, 0) is 31.9 Å². The van der Waals surface area contributed by atoms with E-state index in [4.69, 9.17) is 9.47 Å². The summed E-state index contributed by atoms with van der Waals surface area (Å²) < 4.78 is 10.8. The molecule has 0 fully saturated rings. The summed E-state index contributed by atoms with van der Waals surface area (Å²) in [4.78, 5) is 12.5. The van der Waals surface area contributed by atoms with Crippen LogP contribution in [0.15, 0.2) is 24.3 Å². The molecule has 0 heterocycles. The Kier molecular flexibility index (Phi) is 6.19. The van der Waals surface area contributed by atoms with Crippen molar-refractivity contribution >= 4 is 5.78 Å². The molecule has 1 aromatic carbocycles. The third-order valence-corrected chi connectivity index (χ3v) is 3.01. The highest BCUT2D eigenvalue weighted by molar-refractivity contribution is 6.02. The van der Waals surface area contributed by atoms with Crippen LogP contribution >= 0.6 is 0 Å². The summed E-state index contributed by atoms with van der Waals surface area (Å²) in [5.41, 5.74) is 0.898. The predicted molar refractivity (Wildman–Crippen MR) is 76.4 cm³/mol. The van der Waals surface area contributed by atoms with Gasteiger partial charge in [0.2, 0.25) is 0 Å². The molecule has 0 unspecified atom stereocenters. The van der Waals surface area contributed by atoms with Crippen molar-refractivity contribution in [3.05, 3.63) is 35.4 Å². The van der Waals surface area contributed by atoms with Crippen molar-refractivity contribution in [2.45, 2.75) is 45.8 Å². The van der Waals surface area contributed by atoms with Crippen molar-refractivity contribution in [3.63, 3.8) is 0 Å². The quantitative estimate of drug-likeness (QED) is 0.531. The molecule has 0 radical (unpaired) electrons. The highest BCUT2D eigenvalue weighted by Gasteiger charge is 2.29. The summed E-state index contributed by atoms with van der Waals surface area (Å²) in [6.07, 6.45) is 2.04. The van der Waals surface area contributed by atoms with Crippen LogP contribution in [0.2, 0.25) is 0 Å². The van der Waals surface area contributed by atoms with Crippen molar-refractivity contribution in [2.75, 3.05) is 13.7 Å². The summed E-state index contributed by atoms with van der Waals surface area (Å²) in [5, 5.41) is 0. The number of carbonyl (C=O) groups is 1. The minimum absolute atomic E-state index is 0.0153. The number of carbonyl (C=O) groups excluding carboxylic acids is 1. The molecule has 1 aromatic rings. The fourth-order valence-electron chi connectivity index (χ4n) is 1.85. The van der Waals surface area contributed by atoms with E-state index in [0.717, 1.165) is 18.4 Å². The van der Waals surface area contributed by atoms with E-state index in [9.17, 15) is 4.79 Å². The van der Waals surface area contributed by atoms with Crippen molar-refractivity contribution in [1.82, 2.24) is 0 Å². The Morgan fingerprint density at radius 3 is 2.68 bits per heavy atom. The SMILES string of the molecule is CCCCOC(C)(C)C(=O)c1cccc(COC)c1. The van der Waals surface area contributed by atoms with Crippen LogP contribution in [0.5, 0.6) is 0 Å². The lowest BCUT2D eigenvalue weighted by atomic mass is 9.95. The zero-order valence-electron chi connectivity index (χ0n) is 12.4. The molecule has 0 aliphatic heterocycles. The number of Topliss-reactive ketones (excluding diaryl/α,β-unsaturated/α-hetero) is 1. The maximum Gasteiger partial charge on any atom is 0.194 e. The fraction of sp³-hybridized carbons (Fsp3) is 0.562. The maximum atomic E-state index is 12.5. The first kappa shape index (κ1) is 15.9. The monoisotopic (exact) mass is 264 g/mol. The van der Waals surface area contributed by atoms with Gasteiger partial charge < -0.3 is 9.47 Å².